The van der Waals surface area contributed by atoms with Gasteiger partial charge in [-0.25, -0.2) is 0 Å². The zero-order valence-corrected chi connectivity index (χ0v) is 13.1. The lowest BCUT2D eigenvalue weighted by atomic mass is 10.1. The van der Waals surface area contributed by atoms with Gasteiger partial charge in [-0.15, -0.1) is 10.2 Å². The summed E-state index contributed by atoms with van der Waals surface area (Å²) in [6.07, 6.45) is 9.56. The largest absolute Gasteiger partial charge is 0.424 e. The average Bonchev–Trinajstić information content (AvgIpc) is 2.82. The topological polar surface area (TPSA) is 42.2 Å². The Balaban J connectivity index is 1.71. The smallest absolute Gasteiger partial charge is 0.230 e. The van der Waals surface area contributed by atoms with Crippen LogP contribution in [0.1, 0.15) is 43.0 Å². The Morgan fingerprint density at radius 2 is 2.05 bits per heavy atom. The van der Waals surface area contributed by atoms with Gasteiger partial charge in [0.05, 0.1) is 6.54 Å². The van der Waals surface area contributed by atoms with Gasteiger partial charge in [-0.1, -0.05) is 55.3 Å². The van der Waals surface area contributed by atoms with E-state index in [2.05, 4.69) is 51.5 Å². The summed E-state index contributed by atoms with van der Waals surface area (Å²) in [6.45, 7) is 3.67. The highest BCUT2D eigenvalue weighted by Gasteiger charge is 2.20. The molecule has 3 rings (SSSR count). The van der Waals surface area contributed by atoms with Crippen molar-refractivity contribution >= 4 is 6.08 Å². The number of aromatic nitrogens is 2. The Bertz CT molecular complexity index is 606. The Morgan fingerprint density at radius 1 is 1.18 bits per heavy atom. The number of aryl methyl sites for hydroxylation is 1. The molecule has 0 aliphatic carbocycles. The third-order valence-electron chi connectivity index (χ3n) is 4.13. The second-order valence-corrected chi connectivity index (χ2v) is 5.87. The molecular formula is C18H23N3O. The zero-order valence-electron chi connectivity index (χ0n) is 13.1. The maximum atomic E-state index is 5.55. The van der Waals surface area contributed by atoms with Crippen molar-refractivity contribution in [2.75, 3.05) is 6.54 Å². The molecule has 116 valence electrons. The monoisotopic (exact) mass is 297 g/mol. The van der Waals surface area contributed by atoms with Crippen molar-refractivity contribution in [3.63, 3.8) is 0 Å². The predicted molar refractivity (Wildman–Crippen MR) is 87.2 cm³/mol. The molecule has 1 aliphatic heterocycles. The molecule has 0 amide bonds. The van der Waals surface area contributed by atoms with Gasteiger partial charge in [-0.3, -0.25) is 4.90 Å². The van der Waals surface area contributed by atoms with E-state index in [1.165, 1.54) is 31.2 Å². The Hall–Kier alpha value is -1.94. The number of likely N-dealkylation sites (tertiary alicyclic amines) is 1. The van der Waals surface area contributed by atoms with E-state index in [1.54, 1.807) is 0 Å². The highest BCUT2D eigenvalue weighted by molar-refractivity contribution is 5.49. The number of rotatable bonds is 4. The van der Waals surface area contributed by atoms with Crippen molar-refractivity contribution in [3.05, 3.63) is 53.8 Å². The van der Waals surface area contributed by atoms with Crippen molar-refractivity contribution in [3.8, 4) is 0 Å². The van der Waals surface area contributed by atoms with Crippen molar-refractivity contribution in [1.82, 2.24) is 15.1 Å². The lowest BCUT2D eigenvalue weighted by Crippen LogP contribution is -2.33. The summed E-state index contributed by atoms with van der Waals surface area (Å²) in [5, 5.41) is 8.07. The number of hydrogen-bond acceptors (Lipinski definition) is 4. The molecule has 2 heterocycles. The van der Waals surface area contributed by atoms with Crippen LogP contribution in [-0.2, 0) is 6.54 Å². The third kappa shape index (κ3) is 4.04. The second-order valence-electron chi connectivity index (χ2n) is 5.87. The summed E-state index contributed by atoms with van der Waals surface area (Å²) in [6, 6.07) is 10.9. The molecule has 2 aromatic rings. The van der Waals surface area contributed by atoms with Crippen LogP contribution in [0, 0.1) is 6.92 Å². The van der Waals surface area contributed by atoms with E-state index in [9.17, 15) is 0 Å². The fourth-order valence-corrected chi connectivity index (χ4v) is 2.97. The fraction of sp³-hybridized carbons (Fsp3) is 0.444. The summed E-state index contributed by atoms with van der Waals surface area (Å²) in [5.41, 5.74) is 1.25. The molecule has 1 aliphatic rings. The molecule has 0 radical (unpaired) electrons. The molecule has 0 N–H and O–H groups in total. The summed E-state index contributed by atoms with van der Waals surface area (Å²) in [4.78, 5) is 2.46. The van der Waals surface area contributed by atoms with Gasteiger partial charge < -0.3 is 4.42 Å². The lowest BCUT2D eigenvalue weighted by molar-refractivity contribution is 0.203. The van der Waals surface area contributed by atoms with Crippen LogP contribution < -0.4 is 0 Å². The number of hydrogen-bond donors (Lipinski definition) is 0. The van der Waals surface area contributed by atoms with Gasteiger partial charge in [0.25, 0.3) is 0 Å². The van der Waals surface area contributed by atoms with Crippen LogP contribution in [0.2, 0.25) is 0 Å². The minimum absolute atomic E-state index is 0.440. The molecule has 1 aromatic heterocycles. The Kier molecular flexibility index (Phi) is 5.01. The van der Waals surface area contributed by atoms with Gasteiger partial charge in [-0.05, 0) is 24.9 Å². The van der Waals surface area contributed by atoms with Crippen LogP contribution >= 0.6 is 0 Å². The number of nitrogens with zero attached hydrogens (tertiary/aromatic N) is 3. The van der Waals surface area contributed by atoms with Gasteiger partial charge in [0, 0.05) is 13.0 Å². The summed E-state index contributed by atoms with van der Waals surface area (Å²) in [7, 11) is 0. The van der Waals surface area contributed by atoms with Crippen LogP contribution in [0.4, 0.5) is 0 Å². The van der Waals surface area contributed by atoms with Crippen LogP contribution in [0.25, 0.3) is 6.08 Å². The van der Waals surface area contributed by atoms with Gasteiger partial charge in [0.2, 0.25) is 11.8 Å². The van der Waals surface area contributed by atoms with E-state index in [-0.39, 0.29) is 0 Å². The maximum absolute atomic E-state index is 5.55. The van der Waals surface area contributed by atoms with Crippen LogP contribution in [-0.4, -0.2) is 27.7 Å². The maximum Gasteiger partial charge on any atom is 0.230 e. The molecule has 1 aromatic carbocycles. The van der Waals surface area contributed by atoms with E-state index in [0.717, 1.165) is 19.0 Å². The summed E-state index contributed by atoms with van der Waals surface area (Å²) in [5.74, 6) is 1.36. The van der Waals surface area contributed by atoms with Crippen molar-refractivity contribution in [2.45, 2.75) is 45.2 Å². The molecule has 0 spiro atoms. The molecule has 4 heteroatoms. The highest BCUT2D eigenvalue weighted by atomic mass is 16.4. The molecule has 0 bridgehead atoms. The lowest BCUT2D eigenvalue weighted by Gasteiger charge is -2.26. The van der Waals surface area contributed by atoms with Gasteiger partial charge in [0.1, 0.15) is 0 Å². The molecule has 1 atom stereocenters. The molecule has 1 fully saturated rings. The Labute approximate surface area is 131 Å². The summed E-state index contributed by atoms with van der Waals surface area (Å²) < 4.78 is 5.55. The molecule has 4 nitrogen and oxygen atoms in total. The quantitative estimate of drug-likeness (QED) is 0.860. The first-order valence-electron chi connectivity index (χ1n) is 8.07. The second kappa shape index (κ2) is 7.36. The minimum atomic E-state index is 0.440. The van der Waals surface area contributed by atoms with Gasteiger partial charge >= 0.3 is 0 Å². The van der Waals surface area contributed by atoms with E-state index in [1.807, 2.05) is 13.0 Å². The number of benzene rings is 1. The minimum Gasteiger partial charge on any atom is -0.424 e. The van der Waals surface area contributed by atoms with E-state index in [0.29, 0.717) is 11.9 Å². The standard InChI is InChI=1S/C18H23N3O/c1-15-19-20-18(22-15)14-21-13-7-3-6-10-17(21)12-11-16-8-4-2-5-9-16/h2,4-5,8-9,11-12,17H,3,6-7,10,13-14H2,1H3. The first-order valence-corrected chi connectivity index (χ1v) is 8.07. The SMILES string of the molecule is Cc1nnc(CN2CCCCCC2C=Cc2ccccc2)o1. The highest BCUT2D eigenvalue weighted by Crippen LogP contribution is 2.20. The first-order chi connectivity index (χ1) is 10.8. The van der Waals surface area contributed by atoms with Crippen LogP contribution in [0.5, 0.6) is 0 Å². The predicted octanol–water partition coefficient (Wildman–Crippen LogP) is 3.84. The van der Waals surface area contributed by atoms with Crippen molar-refractivity contribution in [1.29, 1.82) is 0 Å². The first kappa shape index (κ1) is 15.0. The van der Waals surface area contributed by atoms with Crippen molar-refractivity contribution in [2.24, 2.45) is 0 Å². The van der Waals surface area contributed by atoms with E-state index < -0.39 is 0 Å². The van der Waals surface area contributed by atoms with Crippen molar-refractivity contribution < 1.29 is 4.42 Å². The molecule has 0 saturated carbocycles. The van der Waals surface area contributed by atoms with E-state index >= 15 is 0 Å². The van der Waals surface area contributed by atoms with Gasteiger partial charge in [0.15, 0.2) is 0 Å². The van der Waals surface area contributed by atoms with Crippen LogP contribution in [0.15, 0.2) is 40.8 Å². The zero-order chi connectivity index (χ0) is 15.2. The summed E-state index contributed by atoms with van der Waals surface area (Å²) >= 11 is 0. The Morgan fingerprint density at radius 3 is 2.82 bits per heavy atom. The normalized spacial score (nSPS) is 20.3. The molecule has 22 heavy (non-hydrogen) atoms. The average molecular weight is 297 g/mol. The van der Waals surface area contributed by atoms with Crippen LogP contribution in [0.3, 0.4) is 0 Å². The van der Waals surface area contributed by atoms with E-state index in [4.69, 9.17) is 4.42 Å². The third-order valence-corrected chi connectivity index (χ3v) is 4.13. The molecule has 1 unspecified atom stereocenters. The fourth-order valence-electron chi connectivity index (χ4n) is 2.97. The molecular weight excluding hydrogens is 274 g/mol. The molecule has 1 saturated heterocycles. The van der Waals surface area contributed by atoms with Gasteiger partial charge in [-0.2, -0.15) is 0 Å².